The Balaban J connectivity index is 1.86. The summed E-state index contributed by atoms with van der Waals surface area (Å²) in [5, 5.41) is 15.1. The zero-order chi connectivity index (χ0) is 13.3. The average Bonchev–Trinajstić information content (AvgIpc) is 3.08. The third-order valence-corrected chi connectivity index (χ3v) is 4.66. The van der Waals surface area contributed by atoms with Crippen LogP contribution in [0.5, 0.6) is 0 Å². The van der Waals surface area contributed by atoms with Gasteiger partial charge in [-0.25, -0.2) is 0 Å². The molecule has 2 fully saturated rings. The van der Waals surface area contributed by atoms with Crippen LogP contribution in [-0.4, -0.2) is 51.6 Å². The SMILES string of the molecule is Cn1cc(C(O)C2(N3CCOCC3)CCCC2)cn1. The van der Waals surface area contributed by atoms with Crippen molar-refractivity contribution in [3.05, 3.63) is 18.0 Å². The number of nitrogens with zero attached hydrogens (tertiary/aromatic N) is 3. The number of aromatic nitrogens is 2. The van der Waals surface area contributed by atoms with Crippen LogP contribution in [0.2, 0.25) is 0 Å². The van der Waals surface area contributed by atoms with Crippen molar-refractivity contribution in [1.29, 1.82) is 0 Å². The monoisotopic (exact) mass is 265 g/mol. The van der Waals surface area contributed by atoms with Crippen LogP contribution >= 0.6 is 0 Å². The molecule has 0 spiro atoms. The van der Waals surface area contributed by atoms with Gasteiger partial charge >= 0.3 is 0 Å². The molecule has 0 amide bonds. The first kappa shape index (κ1) is 13.1. The van der Waals surface area contributed by atoms with E-state index >= 15 is 0 Å². The molecule has 2 aliphatic rings. The number of aliphatic hydroxyl groups is 1. The Kier molecular flexibility index (Phi) is 3.60. The Hall–Kier alpha value is -0.910. The van der Waals surface area contributed by atoms with Crippen molar-refractivity contribution in [3.63, 3.8) is 0 Å². The Morgan fingerprint density at radius 1 is 1.32 bits per heavy atom. The smallest absolute Gasteiger partial charge is 0.100 e. The molecule has 5 nitrogen and oxygen atoms in total. The maximum Gasteiger partial charge on any atom is 0.100 e. The van der Waals surface area contributed by atoms with Crippen LogP contribution in [0.4, 0.5) is 0 Å². The van der Waals surface area contributed by atoms with Crippen molar-refractivity contribution in [1.82, 2.24) is 14.7 Å². The molecule has 1 aromatic rings. The van der Waals surface area contributed by atoms with Gasteiger partial charge < -0.3 is 9.84 Å². The van der Waals surface area contributed by atoms with E-state index in [2.05, 4.69) is 10.00 Å². The predicted octanol–water partition coefficient (Wildman–Crippen LogP) is 1.10. The summed E-state index contributed by atoms with van der Waals surface area (Å²) < 4.78 is 7.22. The van der Waals surface area contributed by atoms with Crippen LogP contribution in [-0.2, 0) is 11.8 Å². The number of hydrogen-bond acceptors (Lipinski definition) is 4. The lowest BCUT2D eigenvalue weighted by Crippen LogP contribution is -2.55. The number of hydrogen-bond donors (Lipinski definition) is 1. The molecule has 106 valence electrons. The molecule has 1 atom stereocenters. The highest BCUT2D eigenvalue weighted by Crippen LogP contribution is 2.44. The first-order valence-corrected chi connectivity index (χ1v) is 7.22. The molecule has 1 unspecified atom stereocenters. The van der Waals surface area contributed by atoms with Crippen LogP contribution in [0, 0.1) is 0 Å². The van der Waals surface area contributed by atoms with Crippen molar-refractivity contribution in [3.8, 4) is 0 Å². The van der Waals surface area contributed by atoms with E-state index in [1.54, 1.807) is 10.9 Å². The van der Waals surface area contributed by atoms with Gasteiger partial charge in [-0.2, -0.15) is 5.10 Å². The molecule has 1 saturated heterocycles. The largest absolute Gasteiger partial charge is 0.386 e. The first-order valence-electron chi connectivity index (χ1n) is 7.22. The summed E-state index contributed by atoms with van der Waals surface area (Å²) in [6.07, 6.45) is 7.84. The van der Waals surface area contributed by atoms with Gasteiger partial charge in [0.15, 0.2) is 0 Å². The van der Waals surface area contributed by atoms with Gasteiger partial charge in [0, 0.05) is 31.9 Å². The minimum absolute atomic E-state index is 0.104. The van der Waals surface area contributed by atoms with E-state index in [0.29, 0.717) is 0 Å². The molecule has 2 heterocycles. The highest BCUT2D eigenvalue weighted by molar-refractivity contribution is 5.17. The number of morpholine rings is 1. The van der Waals surface area contributed by atoms with Crippen molar-refractivity contribution in [2.45, 2.75) is 37.3 Å². The van der Waals surface area contributed by atoms with Crippen molar-refractivity contribution < 1.29 is 9.84 Å². The molecular formula is C14H23N3O2. The normalized spacial score (nSPS) is 25.6. The lowest BCUT2D eigenvalue weighted by atomic mass is 9.85. The van der Waals surface area contributed by atoms with Crippen molar-refractivity contribution in [2.24, 2.45) is 7.05 Å². The molecule has 1 aliphatic carbocycles. The van der Waals surface area contributed by atoms with Gasteiger partial charge in [-0.1, -0.05) is 12.8 Å². The van der Waals surface area contributed by atoms with Gasteiger partial charge in [0.25, 0.3) is 0 Å². The summed E-state index contributed by atoms with van der Waals surface area (Å²) in [7, 11) is 1.90. The van der Waals surface area contributed by atoms with E-state index in [0.717, 1.165) is 44.7 Å². The minimum atomic E-state index is -0.443. The summed E-state index contributed by atoms with van der Waals surface area (Å²) in [6.45, 7) is 3.41. The molecule has 0 radical (unpaired) electrons. The van der Waals surface area contributed by atoms with Gasteiger partial charge in [0.1, 0.15) is 6.10 Å². The lowest BCUT2D eigenvalue weighted by molar-refractivity contribution is -0.0774. The molecule has 5 heteroatoms. The van der Waals surface area contributed by atoms with Gasteiger partial charge in [0.05, 0.1) is 24.9 Å². The Bertz CT molecular complexity index is 420. The lowest BCUT2D eigenvalue weighted by Gasteiger charge is -2.46. The van der Waals surface area contributed by atoms with E-state index in [9.17, 15) is 5.11 Å². The predicted molar refractivity (Wildman–Crippen MR) is 71.8 cm³/mol. The Morgan fingerprint density at radius 2 is 2.00 bits per heavy atom. The Morgan fingerprint density at radius 3 is 2.58 bits per heavy atom. The molecular weight excluding hydrogens is 242 g/mol. The van der Waals surface area contributed by atoms with E-state index in [1.807, 2.05) is 13.2 Å². The molecule has 0 aromatic carbocycles. The average molecular weight is 265 g/mol. The second kappa shape index (κ2) is 5.23. The molecule has 19 heavy (non-hydrogen) atoms. The van der Waals surface area contributed by atoms with Crippen molar-refractivity contribution in [2.75, 3.05) is 26.3 Å². The summed E-state index contributed by atoms with van der Waals surface area (Å²) in [6, 6.07) is 0. The molecule has 0 bridgehead atoms. The fraction of sp³-hybridized carbons (Fsp3) is 0.786. The maximum atomic E-state index is 10.9. The van der Waals surface area contributed by atoms with Crippen LogP contribution in [0.3, 0.4) is 0 Å². The fourth-order valence-electron chi connectivity index (χ4n) is 3.65. The summed E-state index contributed by atoms with van der Waals surface area (Å²) in [5.41, 5.74) is 0.836. The van der Waals surface area contributed by atoms with Gasteiger partial charge in [-0.15, -0.1) is 0 Å². The van der Waals surface area contributed by atoms with Crippen molar-refractivity contribution >= 4 is 0 Å². The van der Waals surface area contributed by atoms with Gasteiger partial charge in [-0.05, 0) is 12.8 Å². The van der Waals surface area contributed by atoms with E-state index in [4.69, 9.17) is 4.74 Å². The Labute approximate surface area is 114 Å². The van der Waals surface area contributed by atoms with Crippen LogP contribution in [0.1, 0.15) is 37.4 Å². The van der Waals surface area contributed by atoms with E-state index < -0.39 is 6.10 Å². The van der Waals surface area contributed by atoms with Gasteiger partial charge in [0.2, 0.25) is 0 Å². The summed E-state index contributed by atoms with van der Waals surface area (Å²) in [5.74, 6) is 0. The molecule has 3 rings (SSSR count). The zero-order valence-electron chi connectivity index (χ0n) is 11.6. The number of ether oxygens (including phenoxy) is 1. The highest BCUT2D eigenvalue weighted by atomic mass is 16.5. The maximum absolute atomic E-state index is 10.9. The minimum Gasteiger partial charge on any atom is -0.386 e. The number of aryl methyl sites for hydroxylation is 1. The standard InChI is InChI=1S/C14H23N3O2/c1-16-11-12(10-15-16)13(18)14(4-2-3-5-14)17-6-8-19-9-7-17/h10-11,13,18H,2-9H2,1H3. The topological polar surface area (TPSA) is 50.5 Å². The number of aliphatic hydroxyl groups excluding tert-OH is 1. The zero-order valence-corrected chi connectivity index (χ0v) is 11.6. The molecule has 1 saturated carbocycles. The third-order valence-electron chi connectivity index (χ3n) is 4.66. The first-order chi connectivity index (χ1) is 9.22. The van der Waals surface area contributed by atoms with Crippen LogP contribution < -0.4 is 0 Å². The van der Waals surface area contributed by atoms with Crippen LogP contribution in [0.25, 0.3) is 0 Å². The summed E-state index contributed by atoms with van der Waals surface area (Å²) >= 11 is 0. The summed E-state index contributed by atoms with van der Waals surface area (Å²) in [4.78, 5) is 2.45. The third kappa shape index (κ3) is 2.30. The number of rotatable bonds is 3. The van der Waals surface area contributed by atoms with E-state index in [-0.39, 0.29) is 5.54 Å². The van der Waals surface area contributed by atoms with Crippen LogP contribution in [0.15, 0.2) is 12.4 Å². The molecule has 1 aliphatic heterocycles. The highest BCUT2D eigenvalue weighted by Gasteiger charge is 2.46. The molecule has 1 aromatic heterocycles. The molecule has 1 N–H and O–H groups in total. The second-order valence-electron chi connectivity index (χ2n) is 5.76. The van der Waals surface area contributed by atoms with E-state index in [1.165, 1.54) is 12.8 Å². The fourth-order valence-corrected chi connectivity index (χ4v) is 3.65. The van der Waals surface area contributed by atoms with Gasteiger partial charge in [-0.3, -0.25) is 9.58 Å². The quantitative estimate of drug-likeness (QED) is 0.889. The second-order valence-corrected chi connectivity index (χ2v) is 5.76.